The maximum atomic E-state index is 13.0. The highest BCUT2D eigenvalue weighted by molar-refractivity contribution is 7.10. The van der Waals surface area contributed by atoms with E-state index >= 15 is 0 Å². The second kappa shape index (κ2) is 6.16. The van der Waals surface area contributed by atoms with Gasteiger partial charge in [0.15, 0.2) is 5.82 Å². The Morgan fingerprint density at radius 2 is 2.04 bits per heavy atom. The van der Waals surface area contributed by atoms with Gasteiger partial charge < -0.3 is 9.80 Å². The van der Waals surface area contributed by atoms with Crippen molar-refractivity contribution in [1.82, 2.24) is 15.1 Å². The Morgan fingerprint density at radius 1 is 1.21 bits per heavy atom. The number of aromatic nitrogens is 2. The molecule has 1 aliphatic carbocycles. The summed E-state index contributed by atoms with van der Waals surface area (Å²) in [4.78, 5) is 18.4. The van der Waals surface area contributed by atoms with E-state index < -0.39 is 0 Å². The molecule has 24 heavy (non-hydrogen) atoms. The zero-order valence-electron chi connectivity index (χ0n) is 14.2. The van der Waals surface area contributed by atoms with Crippen LogP contribution in [0, 0.1) is 0 Å². The highest BCUT2D eigenvalue weighted by atomic mass is 32.1. The minimum Gasteiger partial charge on any atom is -0.361 e. The summed E-state index contributed by atoms with van der Waals surface area (Å²) < 4.78 is 0. The normalized spacial score (nSPS) is 16.5. The molecule has 2 aliphatic rings. The zero-order chi connectivity index (χ0) is 16.7. The fraction of sp³-hybridized carbons (Fsp3) is 0.500. The van der Waals surface area contributed by atoms with Crippen molar-refractivity contribution in [1.29, 1.82) is 0 Å². The van der Waals surface area contributed by atoms with Gasteiger partial charge in [0.05, 0.1) is 11.3 Å². The number of hydrogen-bond acceptors (Lipinski definition) is 5. The molecule has 0 spiro atoms. The van der Waals surface area contributed by atoms with Gasteiger partial charge in [0, 0.05) is 43.9 Å². The molecule has 4 rings (SSSR count). The molecule has 2 aromatic heterocycles. The summed E-state index contributed by atoms with van der Waals surface area (Å²) in [6.45, 7) is 1.36. The Bertz CT molecular complexity index is 783. The van der Waals surface area contributed by atoms with Crippen LogP contribution >= 0.6 is 11.3 Å². The maximum absolute atomic E-state index is 13.0. The van der Waals surface area contributed by atoms with Gasteiger partial charge in [-0.25, -0.2) is 0 Å². The second-order valence-electron chi connectivity index (χ2n) is 6.80. The molecule has 0 saturated carbocycles. The first kappa shape index (κ1) is 15.6. The lowest BCUT2D eigenvalue weighted by Gasteiger charge is -2.29. The van der Waals surface area contributed by atoms with Crippen LogP contribution in [0.15, 0.2) is 11.4 Å². The summed E-state index contributed by atoms with van der Waals surface area (Å²) in [5.74, 6) is 1.03. The lowest BCUT2D eigenvalue weighted by Crippen LogP contribution is -2.37. The molecule has 0 radical (unpaired) electrons. The van der Waals surface area contributed by atoms with Gasteiger partial charge in [-0.15, -0.1) is 16.4 Å². The van der Waals surface area contributed by atoms with Gasteiger partial charge in [-0.05, 0) is 42.9 Å². The Kier molecular flexibility index (Phi) is 4.00. The second-order valence-corrected chi connectivity index (χ2v) is 7.77. The lowest BCUT2D eigenvalue weighted by atomic mass is 9.95. The molecule has 2 aromatic rings. The maximum Gasteiger partial charge on any atom is 0.255 e. The Morgan fingerprint density at radius 3 is 2.88 bits per heavy atom. The third-order valence-corrected chi connectivity index (χ3v) is 6.05. The van der Waals surface area contributed by atoms with Crippen LogP contribution in [0.3, 0.4) is 0 Å². The van der Waals surface area contributed by atoms with Crippen LogP contribution in [0.25, 0.3) is 0 Å². The summed E-state index contributed by atoms with van der Waals surface area (Å²) in [7, 11) is 3.92. The quantitative estimate of drug-likeness (QED) is 0.842. The van der Waals surface area contributed by atoms with E-state index in [-0.39, 0.29) is 5.91 Å². The van der Waals surface area contributed by atoms with E-state index in [0.29, 0.717) is 6.54 Å². The monoisotopic (exact) mass is 342 g/mol. The van der Waals surface area contributed by atoms with Gasteiger partial charge in [-0.3, -0.25) is 4.79 Å². The SMILES string of the molecule is CN(C)c1cc2c(nn1)CCN(C(=O)c1csc3c1CCCC3)C2. The molecule has 0 atom stereocenters. The molecule has 0 N–H and O–H groups in total. The van der Waals surface area contributed by atoms with Gasteiger partial charge in [0.25, 0.3) is 5.91 Å². The van der Waals surface area contributed by atoms with Crippen molar-refractivity contribution >= 4 is 23.1 Å². The van der Waals surface area contributed by atoms with Crippen molar-refractivity contribution < 1.29 is 4.79 Å². The fourth-order valence-electron chi connectivity index (χ4n) is 3.55. The number of carbonyl (C=O) groups excluding carboxylic acids is 1. The van der Waals surface area contributed by atoms with Crippen LogP contribution < -0.4 is 4.90 Å². The van der Waals surface area contributed by atoms with E-state index in [1.807, 2.05) is 23.9 Å². The summed E-state index contributed by atoms with van der Waals surface area (Å²) in [5.41, 5.74) is 4.39. The van der Waals surface area contributed by atoms with E-state index in [1.165, 1.54) is 23.3 Å². The predicted molar refractivity (Wildman–Crippen MR) is 95.8 cm³/mol. The third kappa shape index (κ3) is 2.69. The molecule has 1 aliphatic heterocycles. The first-order chi connectivity index (χ1) is 11.6. The minimum atomic E-state index is 0.184. The van der Waals surface area contributed by atoms with Crippen molar-refractivity contribution in [2.45, 2.75) is 38.6 Å². The summed E-state index contributed by atoms with van der Waals surface area (Å²) in [6, 6.07) is 2.06. The topological polar surface area (TPSA) is 49.3 Å². The van der Waals surface area contributed by atoms with Crippen LogP contribution in [0.1, 0.15) is 44.9 Å². The average molecular weight is 342 g/mol. The largest absolute Gasteiger partial charge is 0.361 e. The standard InChI is InChI=1S/C18H22N4OS/c1-21(2)17-9-12-10-22(8-7-15(12)19-20-17)18(23)14-11-24-16-6-4-3-5-13(14)16/h9,11H,3-8,10H2,1-2H3. The number of aryl methyl sites for hydroxylation is 1. The van der Waals surface area contributed by atoms with Crippen LogP contribution in [-0.4, -0.2) is 41.6 Å². The van der Waals surface area contributed by atoms with E-state index in [9.17, 15) is 4.79 Å². The molecule has 0 fully saturated rings. The highest BCUT2D eigenvalue weighted by Gasteiger charge is 2.27. The van der Waals surface area contributed by atoms with Crippen molar-refractivity contribution in [3.63, 3.8) is 0 Å². The number of hydrogen-bond donors (Lipinski definition) is 0. The molecule has 5 nitrogen and oxygen atoms in total. The Labute approximate surface area is 146 Å². The minimum absolute atomic E-state index is 0.184. The Hall–Kier alpha value is -1.95. The molecular weight excluding hydrogens is 320 g/mol. The predicted octanol–water partition coefficient (Wildman–Crippen LogP) is 2.68. The first-order valence-electron chi connectivity index (χ1n) is 8.55. The van der Waals surface area contributed by atoms with Crippen molar-refractivity contribution in [2.75, 3.05) is 25.5 Å². The molecule has 126 valence electrons. The van der Waals surface area contributed by atoms with Gasteiger partial charge in [-0.2, -0.15) is 5.10 Å². The van der Waals surface area contributed by atoms with E-state index in [2.05, 4.69) is 21.6 Å². The highest BCUT2D eigenvalue weighted by Crippen LogP contribution is 2.32. The molecule has 3 heterocycles. The van der Waals surface area contributed by atoms with E-state index in [4.69, 9.17) is 0 Å². The van der Waals surface area contributed by atoms with Crippen LogP contribution in [0.5, 0.6) is 0 Å². The van der Waals surface area contributed by atoms with Crippen molar-refractivity contribution in [3.8, 4) is 0 Å². The van der Waals surface area contributed by atoms with Crippen LogP contribution in [0.4, 0.5) is 5.82 Å². The molecule has 0 bridgehead atoms. The van der Waals surface area contributed by atoms with Crippen LogP contribution in [0.2, 0.25) is 0 Å². The number of anilines is 1. The number of fused-ring (bicyclic) bond motifs is 2. The summed E-state index contributed by atoms with van der Waals surface area (Å²) in [6.07, 6.45) is 5.44. The molecule has 0 saturated heterocycles. The zero-order valence-corrected chi connectivity index (χ0v) is 15.0. The number of amides is 1. The lowest BCUT2D eigenvalue weighted by molar-refractivity contribution is 0.0732. The molecule has 1 amide bonds. The van der Waals surface area contributed by atoms with Gasteiger partial charge in [0.1, 0.15) is 0 Å². The van der Waals surface area contributed by atoms with Crippen molar-refractivity contribution in [3.05, 3.63) is 38.7 Å². The summed E-state index contributed by atoms with van der Waals surface area (Å²) >= 11 is 1.76. The number of carbonyl (C=O) groups is 1. The first-order valence-corrected chi connectivity index (χ1v) is 9.43. The van der Waals surface area contributed by atoms with Gasteiger partial charge >= 0.3 is 0 Å². The number of nitrogens with zero attached hydrogens (tertiary/aromatic N) is 4. The fourth-order valence-corrected chi connectivity index (χ4v) is 4.67. The molecule has 6 heteroatoms. The molecule has 0 unspecified atom stereocenters. The van der Waals surface area contributed by atoms with Crippen molar-refractivity contribution in [2.24, 2.45) is 0 Å². The van der Waals surface area contributed by atoms with Gasteiger partial charge in [0.2, 0.25) is 0 Å². The van der Waals surface area contributed by atoms with Gasteiger partial charge in [-0.1, -0.05) is 0 Å². The number of rotatable bonds is 2. The van der Waals surface area contributed by atoms with E-state index in [0.717, 1.165) is 48.4 Å². The van der Waals surface area contributed by atoms with E-state index in [1.54, 1.807) is 11.3 Å². The number of thiophene rings is 1. The average Bonchev–Trinajstić information content (AvgIpc) is 3.04. The Balaban J connectivity index is 1.59. The molecular formula is C18H22N4OS. The van der Waals surface area contributed by atoms with Crippen LogP contribution in [-0.2, 0) is 25.8 Å². The summed E-state index contributed by atoms with van der Waals surface area (Å²) in [5, 5.41) is 10.7. The molecule has 0 aromatic carbocycles. The third-order valence-electron chi connectivity index (χ3n) is 4.96. The smallest absolute Gasteiger partial charge is 0.255 e.